The van der Waals surface area contributed by atoms with Crippen LogP contribution in [0.15, 0.2) is 30.6 Å². The monoisotopic (exact) mass is 268 g/mol. The lowest BCUT2D eigenvalue weighted by Crippen LogP contribution is -2.48. The van der Waals surface area contributed by atoms with Crippen LogP contribution < -0.4 is 0 Å². The molecule has 1 fully saturated rings. The highest BCUT2D eigenvalue weighted by atomic mass is 16.2. The fourth-order valence-corrected chi connectivity index (χ4v) is 2.48. The number of likely N-dealkylation sites (tertiary alicyclic amines) is 1. The predicted octanol–water partition coefficient (Wildman–Crippen LogP) is 1.73. The van der Waals surface area contributed by atoms with E-state index in [0.29, 0.717) is 17.4 Å². The Hall–Kier alpha value is -2.30. The summed E-state index contributed by atoms with van der Waals surface area (Å²) in [6.07, 6.45) is 3.58. The SMILES string of the molecule is Cc1cc(C(=O)N2CC(c3ccncc3)C2)nc(C)n1. The molecule has 20 heavy (non-hydrogen) atoms. The molecule has 0 saturated carbocycles. The Morgan fingerprint density at radius 1 is 1.20 bits per heavy atom. The van der Waals surface area contributed by atoms with Gasteiger partial charge in [-0.2, -0.15) is 0 Å². The van der Waals surface area contributed by atoms with Crippen LogP contribution in [-0.2, 0) is 0 Å². The van der Waals surface area contributed by atoms with Gasteiger partial charge in [-0.1, -0.05) is 0 Å². The van der Waals surface area contributed by atoms with Crippen molar-refractivity contribution in [3.8, 4) is 0 Å². The molecule has 0 aliphatic carbocycles. The number of hydrogen-bond donors (Lipinski definition) is 0. The van der Waals surface area contributed by atoms with Gasteiger partial charge in [0.15, 0.2) is 0 Å². The zero-order valence-electron chi connectivity index (χ0n) is 11.6. The van der Waals surface area contributed by atoms with Crippen molar-refractivity contribution >= 4 is 5.91 Å². The lowest BCUT2D eigenvalue weighted by atomic mass is 9.92. The van der Waals surface area contributed by atoms with E-state index in [2.05, 4.69) is 15.0 Å². The molecule has 1 saturated heterocycles. The number of carbonyl (C=O) groups excluding carboxylic acids is 1. The van der Waals surface area contributed by atoms with E-state index in [9.17, 15) is 4.79 Å². The van der Waals surface area contributed by atoms with E-state index in [1.807, 2.05) is 24.0 Å². The van der Waals surface area contributed by atoms with Crippen molar-refractivity contribution in [3.63, 3.8) is 0 Å². The third kappa shape index (κ3) is 2.39. The number of aromatic nitrogens is 3. The molecule has 0 N–H and O–H groups in total. The summed E-state index contributed by atoms with van der Waals surface area (Å²) in [5.74, 6) is 1.04. The second-order valence-electron chi connectivity index (χ2n) is 5.13. The molecule has 0 unspecified atom stereocenters. The highest BCUT2D eigenvalue weighted by molar-refractivity contribution is 5.93. The first kappa shape index (κ1) is 12.7. The molecule has 2 aromatic heterocycles. The van der Waals surface area contributed by atoms with E-state index < -0.39 is 0 Å². The van der Waals surface area contributed by atoms with Gasteiger partial charge in [-0.15, -0.1) is 0 Å². The van der Waals surface area contributed by atoms with Gasteiger partial charge in [0.1, 0.15) is 11.5 Å². The molecule has 5 nitrogen and oxygen atoms in total. The van der Waals surface area contributed by atoms with Crippen LogP contribution >= 0.6 is 0 Å². The first-order valence-electron chi connectivity index (χ1n) is 6.65. The fraction of sp³-hybridized carbons (Fsp3) is 0.333. The molecule has 5 heteroatoms. The van der Waals surface area contributed by atoms with Crippen molar-refractivity contribution in [2.75, 3.05) is 13.1 Å². The quantitative estimate of drug-likeness (QED) is 0.832. The van der Waals surface area contributed by atoms with Gasteiger partial charge in [-0.3, -0.25) is 9.78 Å². The Labute approximate surface area is 117 Å². The summed E-state index contributed by atoms with van der Waals surface area (Å²) < 4.78 is 0. The third-order valence-corrected chi connectivity index (χ3v) is 3.53. The average Bonchev–Trinajstić information content (AvgIpc) is 2.37. The van der Waals surface area contributed by atoms with Crippen molar-refractivity contribution in [1.29, 1.82) is 0 Å². The summed E-state index contributed by atoms with van der Waals surface area (Å²) in [6, 6.07) is 5.76. The van der Waals surface area contributed by atoms with Crippen LogP contribution in [0, 0.1) is 13.8 Å². The van der Waals surface area contributed by atoms with E-state index in [-0.39, 0.29) is 5.91 Å². The minimum absolute atomic E-state index is 0.0103. The third-order valence-electron chi connectivity index (χ3n) is 3.53. The average molecular weight is 268 g/mol. The number of amides is 1. The molecule has 3 heterocycles. The maximum atomic E-state index is 12.3. The molecule has 1 amide bonds. The summed E-state index contributed by atoms with van der Waals surface area (Å²) in [7, 11) is 0. The minimum atomic E-state index is -0.0103. The topological polar surface area (TPSA) is 59.0 Å². The Morgan fingerprint density at radius 3 is 2.55 bits per heavy atom. The first-order chi connectivity index (χ1) is 9.63. The zero-order valence-corrected chi connectivity index (χ0v) is 11.6. The summed E-state index contributed by atoms with van der Waals surface area (Å²) in [4.78, 5) is 26.6. The van der Waals surface area contributed by atoms with Gasteiger partial charge in [0, 0.05) is 37.1 Å². The standard InChI is InChI=1S/C15H16N4O/c1-10-7-14(18-11(2)17-10)15(20)19-8-13(9-19)12-3-5-16-6-4-12/h3-7,13H,8-9H2,1-2H3. The smallest absolute Gasteiger partial charge is 0.272 e. The molecule has 2 aromatic rings. The Balaban J connectivity index is 1.69. The van der Waals surface area contributed by atoms with Gasteiger partial charge in [0.05, 0.1) is 0 Å². The Morgan fingerprint density at radius 2 is 1.90 bits per heavy atom. The molecule has 0 atom stereocenters. The molecule has 1 aliphatic rings. The van der Waals surface area contributed by atoms with Crippen molar-refractivity contribution < 1.29 is 4.79 Å². The van der Waals surface area contributed by atoms with E-state index in [1.165, 1.54) is 5.56 Å². The van der Waals surface area contributed by atoms with Crippen molar-refractivity contribution in [2.45, 2.75) is 19.8 Å². The number of pyridine rings is 1. The second kappa shape index (κ2) is 5.00. The van der Waals surface area contributed by atoms with Crippen LogP contribution in [0.5, 0.6) is 0 Å². The summed E-state index contributed by atoms with van der Waals surface area (Å²) >= 11 is 0. The summed E-state index contributed by atoms with van der Waals surface area (Å²) in [6.45, 7) is 5.16. The normalized spacial score (nSPS) is 15.0. The van der Waals surface area contributed by atoms with Crippen LogP contribution in [0.2, 0.25) is 0 Å². The summed E-state index contributed by atoms with van der Waals surface area (Å²) in [5, 5.41) is 0. The van der Waals surface area contributed by atoms with Crippen LogP contribution in [0.3, 0.4) is 0 Å². The molecule has 102 valence electrons. The molecule has 1 aliphatic heterocycles. The summed E-state index contributed by atoms with van der Waals surface area (Å²) in [5.41, 5.74) is 2.55. The van der Waals surface area contributed by atoms with Crippen molar-refractivity contribution in [3.05, 3.63) is 53.4 Å². The first-order valence-corrected chi connectivity index (χ1v) is 6.65. The lowest BCUT2D eigenvalue weighted by molar-refractivity contribution is 0.0595. The predicted molar refractivity (Wildman–Crippen MR) is 74.4 cm³/mol. The van der Waals surface area contributed by atoms with Gasteiger partial charge < -0.3 is 4.90 Å². The molecule has 0 radical (unpaired) electrons. The van der Waals surface area contributed by atoms with Gasteiger partial charge in [0.25, 0.3) is 5.91 Å². The van der Waals surface area contributed by atoms with Gasteiger partial charge in [-0.05, 0) is 37.6 Å². The number of nitrogens with zero attached hydrogens (tertiary/aromatic N) is 4. The Bertz CT molecular complexity index is 615. The second-order valence-corrected chi connectivity index (χ2v) is 5.13. The zero-order chi connectivity index (χ0) is 14.1. The lowest BCUT2D eigenvalue weighted by Gasteiger charge is -2.39. The number of hydrogen-bond acceptors (Lipinski definition) is 4. The van der Waals surface area contributed by atoms with Crippen LogP contribution in [0.1, 0.15) is 33.5 Å². The fourth-order valence-electron chi connectivity index (χ4n) is 2.48. The van der Waals surface area contributed by atoms with E-state index in [1.54, 1.807) is 25.4 Å². The van der Waals surface area contributed by atoms with E-state index in [4.69, 9.17) is 0 Å². The van der Waals surface area contributed by atoms with Crippen LogP contribution in [0.4, 0.5) is 0 Å². The van der Waals surface area contributed by atoms with Crippen LogP contribution in [-0.4, -0.2) is 38.8 Å². The highest BCUT2D eigenvalue weighted by Crippen LogP contribution is 2.27. The van der Waals surface area contributed by atoms with E-state index >= 15 is 0 Å². The van der Waals surface area contributed by atoms with Gasteiger partial charge >= 0.3 is 0 Å². The maximum Gasteiger partial charge on any atom is 0.272 e. The molecule has 0 aromatic carbocycles. The van der Waals surface area contributed by atoms with Gasteiger partial charge in [0.2, 0.25) is 0 Å². The minimum Gasteiger partial charge on any atom is -0.336 e. The maximum absolute atomic E-state index is 12.3. The van der Waals surface area contributed by atoms with Crippen molar-refractivity contribution in [2.24, 2.45) is 0 Å². The molecular weight excluding hydrogens is 252 g/mol. The molecule has 0 bridgehead atoms. The molecule has 3 rings (SSSR count). The van der Waals surface area contributed by atoms with Crippen LogP contribution in [0.25, 0.3) is 0 Å². The number of aryl methyl sites for hydroxylation is 2. The number of carbonyl (C=O) groups is 1. The number of rotatable bonds is 2. The largest absolute Gasteiger partial charge is 0.336 e. The molecular formula is C15H16N4O. The Kier molecular flexibility index (Phi) is 3.18. The molecule has 0 spiro atoms. The van der Waals surface area contributed by atoms with E-state index in [0.717, 1.165) is 18.8 Å². The van der Waals surface area contributed by atoms with Gasteiger partial charge in [-0.25, -0.2) is 9.97 Å². The highest BCUT2D eigenvalue weighted by Gasteiger charge is 2.32. The van der Waals surface area contributed by atoms with Crippen molar-refractivity contribution in [1.82, 2.24) is 19.9 Å².